The van der Waals surface area contributed by atoms with Crippen molar-refractivity contribution in [1.82, 2.24) is 10.1 Å². The van der Waals surface area contributed by atoms with E-state index in [2.05, 4.69) is 10.1 Å². The Kier molecular flexibility index (Phi) is 6.38. The zero-order valence-corrected chi connectivity index (χ0v) is 19.2. The van der Waals surface area contributed by atoms with E-state index in [4.69, 9.17) is 14.0 Å². The van der Waals surface area contributed by atoms with Gasteiger partial charge in [0.1, 0.15) is 11.6 Å². The van der Waals surface area contributed by atoms with Gasteiger partial charge in [-0.2, -0.15) is 0 Å². The molecule has 1 saturated heterocycles. The van der Waals surface area contributed by atoms with Gasteiger partial charge in [0.15, 0.2) is 17.0 Å². The number of methoxy groups -OCH3 is 1. The van der Waals surface area contributed by atoms with Crippen molar-refractivity contribution in [2.75, 3.05) is 26.8 Å². The number of benzene rings is 1. The van der Waals surface area contributed by atoms with Crippen LogP contribution in [0.25, 0.3) is 11.0 Å². The van der Waals surface area contributed by atoms with Crippen LogP contribution in [0, 0.1) is 11.7 Å². The summed E-state index contributed by atoms with van der Waals surface area (Å²) >= 11 is 0. The van der Waals surface area contributed by atoms with Crippen LogP contribution in [0.15, 0.2) is 46.3 Å². The molecule has 7 heteroatoms. The third-order valence-electron chi connectivity index (χ3n) is 6.70. The van der Waals surface area contributed by atoms with Crippen molar-refractivity contribution in [3.8, 4) is 0 Å². The van der Waals surface area contributed by atoms with Gasteiger partial charge in [0.05, 0.1) is 24.4 Å². The highest BCUT2D eigenvalue weighted by molar-refractivity contribution is 5.88. The maximum Gasteiger partial charge on any atom is 0.170 e. The Morgan fingerprint density at radius 2 is 2.22 bits per heavy atom. The van der Waals surface area contributed by atoms with Gasteiger partial charge >= 0.3 is 0 Å². The van der Waals surface area contributed by atoms with Crippen LogP contribution < -0.4 is 0 Å². The van der Waals surface area contributed by atoms with Gasteiger partial charge in [0, 0.05) is 37.1 Å². The largest absolute Gasteiger partial charge is 0.499 e. The number of ketones is 1. The molecule has 0 radical (unpaired) electrons. The van der Waals surface area contributed by atoms with Gasteiger partial charge in [-0.05, 0) is 50.5 Å². The number of nitrogens with zero attached hydrogens (tertiary/aromatic N) is 2. The van der Waals surface area contributed by atoms with E-state index in [0.29, 0.717) is 12.2 Å². The van der Waals surface area contributed by atoms with Gasteiger partial charge in [-0.3, -0.25) is 4.79 Å². The fraction of sp³-hybridized carbons (Fsp3) is 0.520. The molecule has 1 aromatic carbocycles. The van der Waals surface area contributed by atoms with Gasteiger partial charge in [-0.15, -0.1) is 0 Å². The first-order valence-electron chi connectivity index (χ1n) is 11.3. The Morgan fingerprint density at radius 3 is 2.94 bits per heavy atom. The minimum absolute atomic E-state index is 0.0267. The summed E-state index contributed by atoms with van der Waals surface area (Å²) in [6, 6.07) is 4.56. The number of aromatic nitrogens is 1. The molecule has 3 unspecified atom stereocenters. The van der Waals surface area contributed by atoms with Gasteiger partial charge in [0.25, 0.3) is 0 Å². The second-order valence-corrected chi connectivity index (χ2v) is 8.70. The number of rotatable bonds is 7. The molecule has 0 spiro atoms. The second-order valence-electron chi connectivity index (χ2n) is 8.70. The Labute approximate surface area is 188 Å². The molecule has 2 heterocycles. The lowest BCUT2D eigenvalue weighted by atomic mass is 9.79. The van der Waals surface area contributed by atoms with Crippen LogP contribution in [0.1, 0.15) is 51.6 Å². The summed E-state index contributed by atoms with van der Waals surface area (Å²) in [7, 11) is 1.65. The van der Waals surface area contributed by atoms with Crippen molar-refractivity contribution < 1.29 is 23.2 Å². The number of likely N-dealkylation sites (tertiary alicyclic amines) is 1. The maximum atomic E-state index is 13.6. The Hall–Kier alpha value is -2.67. The monoisotopic (exact) mass is 442 g/mol. The van der Waals surface area contributed by atoms with Crippen molar-refractivity contribution in [2.24, 2.45) is 5.92 Å². The molecule has 4 rings (SSSR count). The zero-order valence-electron chi connectivity index (χ0n) is 19.2. The van der Waals surface area contributed by atoms with Crippen LogP contribution in [0.2, 0.25) is 0 Å². The van der Waals surface area contributed by atoms with E-state index in [1.807, 2.05) is 26.0 Å². The molecule has 32 heavy (non-hydrogen) atoms. The normalized spacial score (nSPS) is 26.1. The van der Waals surface area contributed by atoms with Crippen molar-refractivity contribution in [3.05, 3.63) is 53.3 Å². The van der Waals surface area contributed by atoms with Crippen molar-refractivity contribution in [1.29, 1.82) is 0 Å². The first-order valence-corrected chi connectivity index (χ1v) is 11.3. The molecule has 1 aliphatic heterocycles. The molecule has 0 saturated carbocycles. The second kappa shape index (κ2) is 9.06. The molecule has 0 N–H and O–H groups in total. The van der Waals surface area contributed by atoms with Crippen molar-refractivity contribution in [3.63, 3.8) is 0 Å². The van der Waals surface area contributed by atoms with Crippen LogP contribution in [-0.4, -0.2) is 48.2 Å². The van der Waals surface area contributed by atoms with E-state index >= 15 is 0 Å². The number of ether oxygens (including phenoxy) is 2. The lowest BCUT2D eigenvalue weighted by Gasteiger charge is -2.42. The molecule has 1 aliphatic carbocycles. The number of hydrogen-bond donors (Lipinski definition) is 0. The van der Waals surface area contributed by atoms with E-state index in [9.17, 15) is 9.18 Å². The Morgan fingerprint density at radius 1 is 1.41 bits per heavy atom. The maximum absolute atomic E-state index is 13.6. The zero-order chi connectivity index (χ0) is 22.9. The fourth-order valence-electron chi connectivity index (χ4n) is 5.00. The third kappa shape index (κ3) is 3.83. The molecule has 172 valence electrons. The molecule has 1 fully saturated rings. The summed E-state index contributed by atoms with van der Waals surface area (Å²) in [5.74, 6) is 0.307. The van der Waals surface area contributed by atoms with Crippen LogP contribution in [0.3, 0.4) is 0 Å². The Bertz CT molecular complexity index is 1060. The number of fused-ring (bicyclic) bond motifs is 1. The summed E-state index contributed by atoms with van der Waals surface area (Å²) in [6.07, 6.45) is 6.65. The predicted octanol–water partition coefficient (Wildman–Crippen LogP) is 4.96. The number of allylic oxidation sites excluding steroid dienone is 1. The molecular weight excluding hydrogens is 411 g/mol. The van der Waals surface area contributed by atoms with Crippen LogP contribution in [-0.2, 0) is 14.3 Å². The topological polar surface area (TPSA) is 64.8 Å². The average Bonchev–Trinajstić information content (AvgIpc) is 3.21. The molecule has 0 bridgehead atoms. The number of Topliss-reactive ketones (excluding diaryl/α,β-unsaturated/α-hetero) is 1. The number of carbonyl (C=O) groups excluding carboxylic acids is 1. The highest BCUT2D eigenvalue weighted by atomic mass is 19.1. The average molecular weight is 443 g/mol. The van der Waals surface area contributed by atoms with E-state index < -0.39 is 5.60 Å². The summed E-state index contributed by atoms with van der Waals surface area (Å²) in [5, 5.41) is 5.13. The summed E-state index contributed by atoms with van der Waals surface area (Å²) in [6.45, 7) is 7.71. The van der Waals surface area contributed by atoms with Gasteiger partial charge < -0.3 is 18.9 Å². The van der Waals surface area contributed by atoms with Crippen molar-refractivity contribution in [2.45, 2.75) is 51.6 Å². The quantitative estimate of drug-likeness (QED) is 0.604. The molecule has 0 amide bonds. The van der Waals surface area contributed by atoms with Gasteiger partial charge in [0.2, 0.25) is 0 Å². The van der Waals surface area contributed by atoms with E-state index in [1.165, 1.54) is 12.1 Å². The smallest absolute Gasteiger partial charge is 0.170 e. The number of carbonyl (C=O) groups is 1. The van der Waals surface area contributed by atoms with Crippen LogP contribution in [0.5, 0.6) is 0 Å². The Balaban J connectivity index is 1.63. The number of piperidine rings is 1. The molecular formula is C25H31FN2O4. The summed E-state index contributed by atoms with van der Waals surface area (Å²) in [5.41, 5.74) is 1.30. The summed E-state index contributed by atoms with van der Waals surface area (Å²) in [4.78, 5) is 14.9. The summed E-state index contributed by atoms with van der Waals surface area (Å²) < 4.78 is 30.9. The van der Waals surface area contributed by atoms with Crippen LogP contribution >= 0.6 is 0 Å². The van der Waals surface area contributed by atoms with Gasteiger partial charge in [-0.25, -0.2) is 4.39 Å². The first kappa shape index (κ1) is 22.5. The highest BCUT2D eigenvalue weighted by Crippen LogP contribution is 2.40. The fourth-order valence-corrected chi connectivity index (χ4v) is 5.00. The number of hydrogen-bond acceptors (Lipinski definition) is 6. The third-order valence-corrected chi connectivity index (χ3v) is 6.70. The first-order chi connectivity index (χ1) is 15.4. The predicted molar refractivity (Wildman–Crippen MR) is 120 cm³/mol. The van der Waals surface area contributed by atoms with Gasteiger partial charge in [-0.1, -0.05) is 19.0 Å². The lowest BCUT2D eigenvalue weighted by Crippen LogP contribution is -2.48. The molecule has 2 aliphatic rings. The SMILES string of the molecule is CCCOC1(C(C)=O)C=CC(N2CCCC(c3noc4cc(F)ccc34)C2)=C(OC)C1C. The van der Waals surface area contributed by atoms with E-state index in [-0.39, 0.29) is 23.4 Å². The minimum atomic E-state index is -1.01. The highest BCUT2D eigenvalue weighted by Gasteiger charge is 2.46. The minimum Gasteiger partial charge on any atom is -0.499 e. The standard InChI is InChI=1S/C25H31FN2O4/c1-5-13-31-25(17(3)29)11-10-21(24(30-4)16(25)2)28-12-6-7-18(15-28)23-20-9-8-19(26)14-22(20)32-27-23/h8-11,14,16,18H,5-7,12-13,15H2,1-4H3. The van der Waals surface area contributed by atoms with Crippen molar-refractivity contribution >= 4 is 16.8 Å². The molecule has 6 nitrogen and oxygen atoms in total. The molecule has 1 aromatic heterocycles. The number of halogens is 1. The lowest BCUT2D eigenvalue weighted by molar-refractivity contribution is -0.142. The van der Waals surface area contributed by atoms with Crippen LogP contribution in [0.4, 0.5) is 4.39 Å². The molecule has 3 atom stereocenters. The molecule has 2 aromatic rings. The van der Waals surface area contributed by atoms with E-state index in [0.717, 1.165) is 54.9 Å². The van der Waals surface area contributed by atoms with E-state index in [1.54, 1.807) is 20.1 Å².